The average molecular weight is 437 g/mol. The molecule has 0 amide bonds. The second-order valence-corrected chi connectivity index (χ2v) is 12.0. The van der Waals surface area contributed by atoms with Gasteiger partial charge in [-0.05, 0) is 72.9 Å². The molecule has 0 spiro atoms. The monoisotopic (exact) mass is 436 g/mol. The van der Waals surface area contributed by atoms with Crippen LogP contribution < -0.4 is 5.32 Å². The van der Waals surface area contributed by atoms with E-state index in [1.54, 1.807) is 0 Å². The minimum absolute atomic E-state index is 0.375. The number of thioether (sulfide) groups is 1. The Hall–Kier alpha value is 0.230. The Morgan fingerprint density at radius 3 is 0.828 bits per heavy atom. The van der Waals surface area contributed by atoms with Crippen molar-refractivity contribution in [3.63, 3.8) is 0 Å². The largest absolute Gasteiger partial charge is 0.376 e. The third kappa shape index (κ3) is 47.5. The van der Waals surface area contributed by atoms with E-state index in [0.29, 0.717) is 36.4 Å². The van der Waals surface area contributed by atoms with E-state index in [0.717, 1.165) is 10.5 Å². The van der Waals surface area contributed by atoms with Gasteiger partial charge in [0.1, 0.15) is 0 Å². The van der Waals surface area contributed by atoms with Crippen LogP contribution in [0.4, 0.5) is 0 Å². The molecular weight excluding hydrogens is 376 g/mol. The molecule has 3 nitrogen and oxygen atoms in total. The van der Waals surface area contributed by atoms with Crippen molar-refractivity contribution in [3.05, 3.63) is 0 Å². The van der Waals surface area contributed by atoms with Crippen molar-refractivity contribution in [3.8, 4) is 0 Å². The molecule has 0 aliphatic rings. The van der Waals surface area contributed by atoms with Crippen molar-refractivity contribution in [2.75, 3.05) is 7.05 Å². The van der Waals surface area contributed by atoms with Crippen LogP contribution in [0.3, 0.4) is 0 Å². The molecule has 0 bridgehead atoms. The molecule has 0 aromatic carbocycles. The molecule has 0 saturated heterocycles. The lowest BCUT2D eigenvalue weighted by molar-refractivity contribution is 0.0300. The maximum absolute atomic E-state index is 5.25. The molecule has 0 fully saturated rings. The van der Waals surface area contributed by atoms with Crippen LogP contribution in [0.5, 0.6) is 0 Å². The van der Waals surface area contributed by atoms with Crippen LogP contribution >= 0.6 is 11.8 Å². The average Bonchev–Trinajstić information content (AvgIpc) is 2.43. The van der Waals surface area contributed by atoms with E-state index < -0.39 is 0 Å². The van der Waals surface area contributed by atoms with Crippen molar-refractivity contribution in [1.82, 2.24) is 10.2 Å². The summed E-state index contributed by atoms with van der Waals surface area (Å²) in [4.78, 5) is 2.33. The van der Waals surface area contributed by atoms with Gasteiger partial charge in [0.15, 0.2) is 0 Å². The summed E-state index contributed by atoms with van der Waals surface area (Å²) in [6.45, 7) is 34.5. The summed E-state index contributed by atoms with van der Waals surface area (Å²) in [6.07, 6.45) is 0.750. The van der Waals surface area contributed by atoms with Gasteiger partial charge in [-0.3, -0.25) is 0 Å². The van der Waals surface area contributed by atoms with Gasteiger partial charge in [0, 0.05) is 24.2 Å². The minimum Gasteiger partial charge on any atom is -0.376 e. The Morgan fingerprint density at radius 1 is 0.552 bits per heavy atom. The van der Waals surface area contributed by atoms with Crippen molar-refractivity contribution in [1.29, 1.82) is 0 Å². The maximum Gasteiger partial charge on any atom is 0.0522 e. The molecule has 0 atom stereocenters. The van der Waals surface area contributed by atoms with Gasteiger partial charge in [0.05, 0.1) is 12.2 Å². The van der Waals surface area contributed by atoms with Crippen LogP contribution in [-0.2, 0) is 4.74 Å². The van der Waals surface area contributed by atoms with Gasteiger partial charge in [0.25, 0.3) is 0 Å². The second-order valence-electron chi connectivity index (χ2n) is 9.80. The van der Waals surface area contributed by atoms with Crippen molar-refractivity contribution in [2.24, 2.45) is 0 Å². The van der Waals surface area contributed by atoms with Crippen LogP contribution in [0.1, 0.15) is 111 Å². The van der Waals surface area contributed by atoms with Gasteiger partial charge in [-0.25, -0.2) is 0 Å². The van der Waals surface area contributed by atoms with E-state index >= 15 is 0 Å². The Labute approximate surface area is 191 Å². The zero-order valence-electron chi connectivity index (χ0n) is 23.4. The lowest BCUT2D eigenvalue weighted by Gasteiger charge is -2.24. The Bertz CT molecular complexity index is 242. The van der Waals surface area contributed by atoms with E-state index in [2.05, 4.69) is 100 Å². The first-order valence-electron chi connectivity index (χ1n) is 11.7. The fourth-order valence-corrected chi connectivity index (χ4v) is 3.44. The van der Waals surface area contributed by atoms with Crippen molar-refractivity contribution in [2.45, 2.75) is 158 Å². The Balaban J connectivity index is -0.000000144. The highest BCUT2D eigenvalue weighted by Crippen LogP contribution is 2.14. The SMILES string of the molecule is CC(C)N(C)C(C)C.CC(C)NC(C)C.CC(C)OC(C)C.CC(C)SC(C)C. The summed E-state index contributed by atoms with van der Waals surface area (Å²) in [5, 5.41) is 4.89. The molecule has 1 N–H and O–H groups in total. The zero-order valence-corrected chi connectivity index (χ0v) is 24.2. The number of hydrogen-bond acceptors (Lipinski definition) is 4. The Kier molecular flexibility index (Phi) is 28.9. The van der Waals surface area contributed by atoms with Gasteiger partial charge in [-0.1, -0.05) is 55.4 Å². The van der Waals surface area contributed by atoms with Crippen LogP contribution in [0, 0.1) is 0 Å². The van der Waals surface area contributed by atoms with Gasteiger partial charge in [-0.2, -0.15) is 11.8 Å². The highest BCUT2D eigenvalue weighted by Gasteiger charge is 2.04. The molecule has 0 unspecified atom stereocenters. The molecule has 4 heteroatoms. The quantitative estimate of drug-likeness (QED) is 0.426. The van der Waals surface area contributed by atoms with E-state index in [9.17, 15) is 0 Å². The number of hydrogen-bond donors (Lipinski definition) is 1. The van der Waals surface area contributed by atoms with Crippen LogP contribution in [-0.4, -0.2) is 58.8 Å². The lowest BCUT2D eigenvalue weighted by Crippen LogP contribution is -2.32. The molecule has 0 aromatic heterocycles. The molecule has 0 rings (SSSR count). The predicted molar refractivity (Wildman–Crippen MR) is 141 cm³/mol. The van der Waals surface area contributed by atoms with E-state index in [1.807, 2.05) is 39.5 Å². The van der Waals surface area contributed by atoms with E-state index in [4.69, 9.17) is 4.74 Å². The second kappa shape index (κ2) is 22.9. The molecule has 0 aromatic rings. The van der Waals surface area contributed by atoms with Crippen LogP contribution in [0.25, 0.3) is 0 Å². The molecule has 0 heterocycles. The van der Waals surface area contributed by atoms with Gasteiger partial charge in [0.2, 0.25) is 0 Å². The Morgan fingerprint density at radius 2 is 0.828 bits per heavy atom. The summed E-state index contributed by atoms with van der Waals surface area (Å²) >= 11 is 2.01. The molecule has 0 saturated carbocycles. The molecule has 0 radical (unpaired) electrons. The first-order valence-corrected chi connectivity index (χ1v) is 12.7. The summed E-state index contributed by atoms with van der Waals surface area (Å²) < 4.78 is 5.25. The summed E-state index contributed by atoms with van der Waals surface area (Å²) in [6, 6.07) is 2.60. The van der Waals surface area contributed by atoms with E-state index in [1.165, 1.54) is 0 Å². The smallest absolute Gasteiger partial charge is 0.0522 e. The van der Waals surface area contributed by atoms with Gasteiger partial charge < -0.3 is 15.0 Å². The molecular formula is C25H60N2OS. The topological polar surface area (TPSA) is 24.5 Å². The first-order chi connectivity index (χ1) is 12.9. The summed E-state index contributed by atoms with van der Waals surface area (Å²) in [5.74, 6) is 0. The lowest BCUT2D eigenvalue weighted by atomic mass is 10.3. The third-order valence-electron chi connectivity index (χ3n) is 3.38. The number of ether oxygens (including phenoxy) is 1. The van der Waals surface area contributed by atoms with Crippen LogP contribution in [0.15, 0.2) is 0 Å². The number of nitrogens with one attached hydrogen (secondary N) is 1. The maximum atomic E-state index is 5.25. The fraction of sp³-hybridized carbons (Fsp3) is 1.00. The zero-order chi connectivity index (χ0) is 24.3. The number of nitrogens with zero attached hydrogens (tertiary/aromatic N) is 1. The van der Waals surface area contributed by atoms with Crippen LogP contribution in [0.2, 0.25) is 0 Å². The highest BCUT2D eigenvalue weighted by molar-refractivity contribution is 8.00. The van der Waals surface area contributed by atoms with Gasteiger partial charge in [-0.15, -0.1) is 0 Å². The standard InChI is InChI=1S/C7H17N.C6H15N.C6H14O.C6H14S/c1-6(2)8(5)7(3)4;3*1-5(2)7-6(3)4/h6-7H,1-5H3;5-7H,1-4H3;2*5-6H,1-4H3. The first kappa shape index (κ1) is 36.6. The predicted octanol–water partition coefficient (Wildman–Crippen LogP) is 7.48. The molecule has 0 aliphatic heterocycles. The highest BCUT2D eigenvalue weighted by atomic mass is 32.2. The van der Waals surface area contributed by atoms with Crippen molar-refractivity contribution >= 4 is 11.8 Å². The summed E-state index contributed by atoms with van der Waals surface area (Å²) in [5.41, 5.74) is 0. The minimum atomic E-state index is 0.375. The number of rotatable bonds is 8. The fourth-order valence-electron chi connectivity index (χ4n) is 2.35. The third-order valence-corrected chi connectivity index (χ3v) is 4.47. The molecule has 182 valence electrons. The molecule has 29 heavy (non-hydrogen) atoms. The summed E-state index contributed by atoms with van der Waals surface area (Å²) in [7, 11) is 2.15. The normalized spacial score (nSPS) is 11.4. The van der Waals surface area contributed by atoms with Crippen molar-refractivity contribution < 1.29 is 4.74 Å². The van der Waals surface area contributed by atoms with Gasteiger partial charge >= 0.3 is 0 Å². The molecule has 0 aliphatic carbocycles. The van der Waals surface area contributed by atoms with E-state index in [-0.39, 0.29) is 0 Å².